The normalized spacial score (nSPS) is 13.2. The van der Waals surface area contributed by atoms with E-state index in [1.54, 1.807) is 6.07 Å². The molecule has 1 amide bonds. The maximum atomic E-state index is 12.5. The summed E-state index contributed by atoms with van der Waals surface area (Å²) in [7, 11) is -3.75. The Morgan fingerprint density at radius 2 is 1.79 bits per heavy atom. The van der Waals surface area contributed by atoms with Gasteiger partial charge in [-0.3, -0.25) is 4.79 Å². The molecule has 0 saturated heterocycles. The summed E-state index contributed by atoms with van der Waals surface area (Å²) in [5.74, 6) is 1.58. The summed E-state index contributed by atoms with van der Waals surface area (Å²) in [6.45, 7) is 4.32. The van der Waals surface area contributed by atoms with Crippen LogP contribution in [0.25, 0.3) is 0 Å². The van der Waals surface area contributed by atoms with Gasteiger partial charge in [0, 0.05) is 32.0 Å². The van der Waals surface area contributed by atoms with Crippen molar-refractivity contribution in [3.63, 3.8) is 0 Å². The van der Waals surface area contributed by atoms with Gasteiger partial charge < -0.3 is 19.5 Å². The summed E-state index contributed by atoms with van der Waals surface area (Å²) >= 11 is 0. The van der Waals surface area contributed by atoms with Crippen LogP contribution in [0.1, 0.15) is 38.2 Å². The first-order valence-electron chi connectivity index (χ1n) is 11.4. The van der Waals surface area contributed by atoms with E-state index >= 15 is 0 Å². The van der Waals surface area contributed by atoms with Crippen molar-refractivity contribution in [2.24, 2.45) is 0 Å². The number of carbonyl (C=O) groups is 1. The number of rotatable bonds is 12. The van der Waals surface area contributed by atoms with E-state index in [1.807, 2.05) is 24.3 Å². The molecule has 8 nitrogen and oxygen atoms in total. The van der Waals surface area contributed by atoms with Crippen LogP contribution in [-0.2, 0) is 21.2 Å². The first kappa shape index (κ1) is 24.9. The SMILES string of the molecule is CCCCOc1ccc(CCNC(=O)CCNS(=O)(=O)c2ccc3c(c2)OCCCO3)cc1. The predicted octanol–water partition coefficient (Wildman–Crippen LogP) is 3.05. The van der Waals surface area contributed by atoms with Crippen LogP contribution in [0.4, 0.5) is 0 Å². The van der Waals surface area contributed by atoms with E-state index in [1.165, 1.54) is 12.1 Å². The second-order valence-corrected chi connectivity index (χ2v) is 9.52. The molecule has 0 saturated carbocycles. The van der Waals surface area contributed by atoms with Gasteiger partial charge in [0.2, 0.25) is 15.9 Å². The number of hydrogen-bond acceptors (Lipinski definition) is 6. The molecule has 0 aliphatic carbocycles. The van der Waals surface area contributed by atoms with Crippen molar-refractivity contribution in [2.75, 3.05) is 32.9 Å². The molecule has 9 heteroatoms. The molecule has 33 heavy (non-hydrogen) atoms. The minimum absolute atomic E-state index is 0.00635. The molecule has 2 aromatic carbocycles. The highest BCUT2D eigenvalue weighted by atomic mass is 32.2. The minimum Gasteiger partial charge on any atom is -0.494 e. The van der Waals surface area contributed by atoms with Gasteiger partial charge in [0.25, 0.3) is 0 Å². The highest BCUT2D eigenvalue weighted by molar-refractivity contribution is 7.89. The molecular weight excluding hydrogens is 444 g/mol. The van der Waals surface area contributed by atoms with E-state index in [0.29, 0.717) is 44.3 Å². The summed E-state index contributed by atoms with van der Waals surface area (Å²) in [5.41, 5.74) is 1.09. The zero-order valence-corrected chi connectivity index (χ0v) is 19.8. The molecule has 0 fully saturated rings. The van der Waals surface area contributed by atoms with Gasteiger partial charge in [0.1, 0.15) is 5.75 Å². The van der Waals surface area contributed by atoms with E-state index in [2.05, 4.69) is 17.0 Å². The van der Waals surface area contributed by atoms with Crippen LogP contribution in [0.3, 0.4) is 0 Å². The number of fused-ring (bicyclic) bond motifs is 1. The number of amides is 1. The van der Waals surface area contributed by atoms with Gasteiger partial charge in [0.15, 0.2) is 11.5 Å². The van der Waals surface area contributed by atoms with Crippen LogP contribution in [-0.4, -0.2) is 47.2 Å². The van der Waals surface area contributed by atoms with Crippen LogP contribution in [0.15, 0.2) is 47.4 Å². The summed E-state index contributed by atoms with van der Waals surface area (Å²) < 4.78 is 44.3. The fourth-order valence-electron chi connectivity index (χ4n) is 3.21. The van der Waals surface area contributed by atoms with Gasteiger partial charge in [0.05, 0.1) is 24.7 Å². The molecule has 1 heterocycles. The number of ether oxygens (including phenoxy) is 3. The third kappa shape index (κ3) is 7.94. The first-order valence-corrected chi connectivity index (χ1v) is 12.8. The number of carbonyl (C=O) groups excluding carboxylic acids is 1. The first-order chi connectivity index (χ1) is 16.0. The summed E-state index contributed by atoms with van der Waals surface area (Å²) in [6.07, 6.45) is 3.60. The van der Waals surface area contributed by atoms with E-state index < -0.39 is 10.0 Å². The molecule has 0 unspecified atom stereocenters. The maximum Gasteiger partial charge on any atom is 0.240 e. The highest BCUT2D eigenvalue weighted by Gasteiger charge is 2.18. The molecular formula is C24H32N2O6S. The molecule has 2 aromatic rings. The van der Waals surface area contributed by atoms with Gasteiger partial charge in [-0.05, 0) is 42.7 Å². The topological polar surface area (TPSA) is 103 Å². The number of hydrogen-bond donors (Lipinski definition) is 2. The number of benzene rings is 2. The van der Waals surface area contributed by atoms with Gasteiger partial charge in [-0.2, -0.15) is 0 Å². The molecule has 0 aromatic heterocycles. The number of sulfonamides is 1. The zero-order valence-electron chi connectivity index (χ0n) is 19.0. The fraction of sp³-hybridized carbons (Fsp3) is 0.458. The van der Waals surface area contributed by atoms with Crippen molar-refractivity contribution in [3.8, 4) is 17.2 Å². The molecule has 0 spiro atoms. The average Bonchev–Trinajstić information content (AvgIpc) is 3.05. The van der Waals surface area contributed by atoms with E-state index in [4.69, 9.17) is 14.2 Å². The molecule has 1 aliphatic rings. The lowest BCUT2D eigenvalue weighted by molar-refractivity contribution is -0.120. The van der Waals surface area contributed by atoms with E-state index in [0.717, 1.165) is 30.6 Å². The predicted molar refractivity (Wildman–Crippen MR) is 125 cm³/mol. The van der Waals surface area contributed by atoms with Crippen molar-refractivity contribution in [3.05, 3.63) is 48.0 Å². The summed E-state index contributed by atoms with van der Waals surface area (Å²) in [5, 5.41) is 2.82. The van der Waals surface area contributed by atoms with E-state index in [-0.39, 0.29) is 23.8 Å². The molecule has 0 atom stereocenters. The van der Waals surface area contributed by atoms with Crippen LogP contribution in [0.5, 0.6) is 17.2 Å². The minimum atomic E-state index is -3.75. The van der Waals surface area contributed by atoms with Gasteiger partial charge in [-0.15, -0.1) is 0 Å². The van der Waals surface area contributed by atoms with Crippen molar-refractivity contribution < 1.29 is 27.4 Å². The second-order valence-electron chi connectivity index (χ2n) is 7.75. The monoisotopic (exact) mass is 476 g/mol. The highest BCUT2D eigenvalue weighted by Crippen LogP contribution is 2.31. The van der Waals surface area contributed by atoms with Crippen LogP contribution in [0.2, 0.25) is 0 Å². The third-order valence-electron chi connectivity index (χ3n) is 5.10. The Balaban J connectivity index is 1.38. The standard InChI is InChI=1S/C24H32N2O6S/c1-2-3-15-30-20-7-5-19(6-8-20)11-13-25-24(27)12-14-26-33(28,29)21-9-10-22-23(18-21)32-17-4-16-31-22/h5-10,18,26H,2-4,11-17H2,1H3,(H,25,27). The lowest BCUT2D eigenvalue weighted by atomic mass is 10.1. The number of nitrogens with one attached hydrogen (secondary N) is 2. The molecule has 180 valence electrons. The smallest absolute Gasteiger partial charge is 0.240 e. The lowest BCUT2D eigenvalue weighted by Crippen LogP contribution is -2.31. The van der Waals surface area contributed by atoms with Crippen LogP contribution in [0, 0.1) is 0 Å². The maximum absolute atomic E-state index is 12.5. The molecule has 2 N–H and O–H groups in total. The Morgan fingerprint density at radius 1 is 1.03 bits per heavy atom. The van der Waals surface area contributed by atoms with Crippen molar-refractivity contribution in [1.82, 2.24) is 10.0 Å². The van der Waals surface area contributed by atoms with Crippen LogP contribution >= 0.6 is 0 Å². The number of unbranched alkanes of at least 4 members (excludes halogenated alkanes) is 1. The Kier molecular flexibility index (Phi) is 9.38. The summed E-state index contributed by atoms with van der Waals surface area (Å²) in [4.78, 5) is 12.2. The van der Waals surface area contributed by atoms with Gasteiger partial charge in [-0.25, -0.2) is 13.1 Å². The molecule has 0 radical (unpaired) electrons. The van der Waals surface area contributed by atoms with Gasteiger partial charge in [-0.1, -0.05) is 25.5 Å². The second kappa shape index (κ2) is 12.5. The Bertz CT molecular complexity index is 1010. The summed E-state index contributed by atoms with van der Waals surface area (Å²) in [6, 6.07) is 12.3. The fourth-order valence-corrected chi connectivity index (χ4v) is 4.26. The third-order valence-corrected chi connectivity index (χ3v) is 6.56. The van der Waals surface area contributed by atoms with Crippen LogP contribution < -0.4 is 24.2 Å². The molecule has 1 aliphatic heterocycles. The molecule has 0 bridgehead atoms. The molecule has 3 rings (SSSR count). The Morgan fingerprint density at radius 3 is 2.55 bits per heavy atom. The van der Waals surface area contributed by atoms with Crippen molar-refractivity contribution >= 4 is 15.9 Å². The quantitative estimate of drug-likeness (QED) is 0.457. The van der Waals surface area contributed by atoms with Gasteiger partial charge >= 0.3 is 0 Å². The Labute approximate surface area is 195 Å². The average molecular weight is 477 g/mol. The van der Waals surface area contributed by atoms with E-state index in [9.17, 15) is 13.2 Å². The Hall–Kier alpha value is -2.78. The zero-order chi connectivity index (χ0) is 23.5. The lowest BCUT2D eigenvalue weighted by Gasteiger charge is -2.11. The largest absolute Gasteiger partial charge is 0.494 e. The van der Waals surface area contributed by atoms with Crippen molar-refractivity contribution in [1.29, 1.82) is 0 Å². The van der Waals surface area contributed by atoms with Crippen molar-refractivity contribution in [2.45, 2.75) is 43.9 Å².